The van der Waals surface area contributed by atoms with Crippen LogP contribution in [0.1, 0.15) is 53.4 Å². The first-order chi connectivity index (χ1) is 11.0. The monoisotopic (exact) mass is 327 g/mol. The highest BCUT2D eigenvalue weighted by atomic mass is 16.5. The highest BCUT2D eigenvalue weighted by Gasteiger charge is 2.28. The fourth-order valence-electron chi connectivity index (χ4n) is 2.71. The lowest BCUT2D eigenvalue weighted by molar-refractivity contribution is -0.149. The predicted molar refractivity (Wildman–Crippen MR) is 92.4 cm³/mol. The molecule has 0 radical (unpaired) electrons. The molecular formula is C17H33N3O3. The number of nitrogens with one attached hydrogen (secondary N) is 1. The highest BCUT2D eigenvalue weighted by molar-refractivity contribution is 5.80. The molecule has 0 unspecified atom stereocenters. The van der Waals surface area contributed by atoms with E-state index >= 15 is 0 Å². The van der Waals surface area contributed by atoms with Crippen molar-refractivity contribution in [1.29, 1.82) is 0 Å². The molecule has 1 aliphatic rings. The summed E-state index contributed by atoms with van der Waals surface area (Å²) in [7, 11) is 0. The van der Waals surface area contributed by atoms with Crippen molar-refractivity contribution in [2.24, 2.45) is 10.9 Å². The molecule has 0 bridgehead atoms. The van der Waals surface area contributed by atoms with Gasteiger partial charge in [-0.15, -0.1) is 0 Å². The Morgan fingerprint density at radius 1 is 1.26 bits per heavy atom. The predicted octanol–water partition coefficient (Wildman–Crippen LogP) is 1.78. The van der Waals surface area contributed by atoms with Crippen molar-refractivity contribution < 1.29 is 14.6 Å². The summed E-state index contributed by atoms with van der Waals surface area (Å²) in [6.45, 7) is 11.0. The van der Waals surface area contributed by atoms with Crippen LogP contribution < -0.4 is 5.32 Å². The van der Waals surface area contributed by atoms with E-state index in [0.717, 1.165) is 38.4 Å². The Morgan fingerprint density at radius 2 is 1.87 bits per heavy atom. The molecule has 1 saturated heterocycles. The quantitative estimate of drug-likeness (QED) is 0.423. The molecule has 2 N–H and O–H groups in total. The van der Waals surface area contributed by atoms with Crippen LogP contribution in [0.3, 0.4) is 0 Å². The zero-order valence-electron chi connectivity index (χ0n) is 15.1. The van der Waals surface area contributed by atoms with E-state index < -0.39 is 5.60 Å². The molecule has 0 aromatic carbocycles. The van der Waals surface area contributed by atoms with Gasteiger partial charge in [0.2, 0.25) is 0 Å². The lowest BCUT2D eigenvalue weighted by Gasteiger charge is -2.34. The average molecular weight is 327 g/mol. The van der Waals surface area contributed by atoms with Crippen LogP contribution in [0.25, 0.3) is 0 Å². The molecule has 1 fully saturated rings. The van der Waals surface area contributed by atoms with Gasteiger partial charge in [-0.1, -0.05) is 13.8 Å². The Labute approximate surface area is 140 Å². The molecule has 6 heteroatoms. The molecule has 1 aliphatic heterocycles. The third-order valence-electron chi connectivity index (χ3n) is 4.59. The van der Waals surface area contributed by atoms with Gasteiger partial charge in [-0.2, -0.15) is 0 Å². The molecule has 0 aliphatic carbocycles. The van der Waals surface area contributed by atoms with E-state index in [1.165, 1.54) is 0 Å². The summed E-state index contributed by atoms with van der Waals surface area (Å²) < 4.78 is 5.11. The second-order valence-corrected chi connectivity index (χ2v) is 6.11. The second-order valence-electron chi connectivity index (χ2n) is 6.11. The first-order valence-electron chi connectivity index (χ1n) is 8.91. The Hall–Kier alpha value is -1.30. The lowest BCUT2D eigenvalue weighted by atomic mass is 9.97. The first kappa shape index (κ1) is 19.7. The first-order valence-corrected chi connectivity index (χ1v) is 8.91. The number of esters is 1. The Kier molecular flexibility index (Phi) is 8.37. The molecule has 0 saturated carbocycles. The van der Waals surface area contributed by atoms with Crippen LogP contribution in [0, 0.1) is 5.92 Å². The number of hydrogen-bond donors (Lipinski definition) is 2. The molecule has 134 valence electrons. The maximum atomic E-state index is 11.8. The van der Waals surface area contributed by atoms with Crippen molar-refractivity contribution in [3.63, 3.8) is 0 Å². The van der Waals surface area contributed by atoms with Gasteiger partial charge < -0.3 is 20.1 Å². The molecule has 0 amide bonds. The Balaban J connectivity index is 2.64. The Morgan fingerprint density at radius 3 is 2.35 bits per heavy atom. The summed E-state index contributed by atoms with van der Waals surface area (Å²) in [5.74, 6) is 0.743. The fourth-order valence-corrected chi connectivity index (χ4v) is 2.71. The van der Waals surface area contributed by atoms with Gasteiger partial charge in [0.1, 0.15) is 0 Å². The van der Waals surface area contributed by atoms with E-state index in [-0.39, 0.29) is 11.9 Å². The van der Waals surface area contributed by atoms with Crippen molar-refractivity contribution in [3.8, 4) is 0 Å². The number of piperidine rings is 1. The van der Waals surface area contributed by atoms with Crippen molar-refractivity contribution in [1.82, 2.24) is 10.2 Å². The van der Waals surface area contributed by atoms with Crippen LogP contribution in [0.2, 0.25) is 0 Å². The zero-order valence-corrected chi connectivity index (χ0v) is 15.1. The Bertz CT molecular complexity index is 387. The average Bonchev–Trinajstić information content (AvgIpc) is 2.58. The largest absolute Gasteiger partial charge is 0.466 e. The fraction of sp³-hybridized carbons (Fsp3) is 0.882. The molecule has 23 heavy (non-hydrogen) atoms. The number of guanidine groups is 1. The van der Waals surface area contributed by atoms with Gasteiger partial charge >= 0.3 is 5.97 Å². The van der Waals surface area contributed by atoms with Gasteiger partial charge in [-0.25, -0.2) is 0 Å². The van der Waals surface area contributed by atoms with Crippen molar-refractivity contribution >= 4 is 11.9 Å². The minimum Gasteiger partial charge on any atom is -0.466 e. The standard InChI is InChI=1S/C17H33N3O3/c1-5-17(22,6-2)13-19-16(18-7-3)20-11-9-14(10-12-20)15(21)23-8-4/h14,22H,5-13H2,1-4H3,(H,18,19). The van der Waals surface area contributed by atoms with Crippen LogP contribution in [0.15, 0.2) is 4.99 Å². The molecule has 0 aromatic rings. The number of aliphatic imine (C=N–C) groups is 1. The van der Waals surface area contributed by atoms with Crippen molar-refractivity contribution in [2.75, 3.05) is 32.8 Å². The third-order valence-corrected chi connectivity index (χ3v) is 4.59. The van der Waals surface area contributed by atoms with Gasteiger partial charge in [0.15, 0.2) is 5.96 Å². The van der Waals surface area contributed by atoms with Gasteiger partial charge in [0.25, 0.3) is 0 Å². The normalized spacial score (nSPS) is 17.3. The number of nitrogens with zero attached hydrogens (tertiary/aromatic N) is 2. The van der Waals surface area contributed by atoms with E-state index in [1.807, 2.05) is 27.7 Å². The van der Waals surface area contributed by atoms with E-state index in [9.17, 15) is 9.90 Å². The number of hydrogen-bond acceptors (Lipinski definition) is 4. The smallest absolute Gasteiger partial charge is 0.309 e. The minimum absolute atomic E-state index is 0.00251. The van der Waals surface area contributed by atoms with Gasteiger partial charge in [-0.05, 0) is 39.5 Å². The summed E-state index contributed by atoms with van der Waals surface area (Å²) in [6, 6.07) is 0. The van der Waals surface area contributed by atoms with Crippen molar-refractivity contribution in [2.45, 2.75) is 59.0 Å². The molecule has 0 aromatic heterocycles. The minimum atomic E-state index is -0.732. The van der Waals surface area contributed by atoms with Gasteiger partial charge in [0, 0.05) is 19.6 Å². The van der Waals surface area contributed by atoms with Gasteiger partial charge in [0.05, 0.1) is 24.7 Å². The molecule has 1 rings (SSSR count). The third kappa shape index (κ3) is 6.01. The molecule has 1 heterocycles. The number of carbonyl (C=O) groups excluding carboxylic acids is 1. The van der Waals surface area contributed by atoms with Crippen LogP contribution in [0.4, 0.5) is 0 Å². The summed E-state index contributed by atoms with van der Waals surface area (Å²) >= 11 is 0. The number of aliphatic hydroxyl groups is 1. The maximum absolute atomic E-state index is 11.8. The molecule has 0 spiro atoms. The number of likely N-dealkylation sites (tertiary alicyclic amines) is 1. The molecular weight excluding hydrogens is 294 g/mol. The number of carbonyl (C=O) groups is 1. The molecule has 0 atom stereocenters. The summed E-state index contributed by atoms with van der Waals surface area (Å²) in [5.41, 5.74) is -0.732. The van der Waals surface area contributed by atoms with Crippen molar-refractivity contribution in [3.05, 3.63) is 0 Å². The number of rotatable bonds is 7. The maximum Gasteiger partial charge on any atom is 0.309 e. The molecule has 6 nitrogen and oxygen atoms in total. The highest BCUT2D eigenvalue weighted by Crippen LogP contribution is 2.20. The van der Waals surface area contributed by atoms with Crippen LogP contribution >= 0.6 is 0 Å². The van der Waals surface area contributed by atoms with E-state index in [1.54, 1.807) is 0 Å². The topological polar surface area (TPSA) is 74.2 Å². The van der Waals surface area contributed by atoms with E-state index in [2.05, 4.69) is 15.2 Å². The SMILES string of the molecule is CCNC(=NCC(O)(CC)CC)N1CCC(C(=O)OCC)CC1. The summed E-state index contributed by atoms with van der Waals surface area (Å²) in [5, 5.41) is 13.7. The van der Waals surface area contributed by atoms with Crippen LogP contribution in [-0.4, -0.2) is 60.3 Å². The zero-order chi connectivity index (χ0) is 17.3. The van der Waals surface area contributed by atoms with E-state index in [4.69, 9.17) is 4.74 Å². The summed E-state index contributed by atoms with van der Waals surface area (Å²) in [4.78, 5) is 18.6. The second kappa shape index (κ2) is 9.75. The number of ether oxygens (including phenoxy) is 1. The van der Waals surface area contributed by atoms with Gasteiger partial charge in [-0.3, -0.25) is 9.79 Å². The summed E-state index contributed by atoms with van der Waals surface area (Å²) in [6.07, 6.45) is 2.96. The van der Waals surface area contributed by atoms with Crippen LogP contribution in [-0.2, 0) is 9.53 Å². The van der Waals surface area contributed by atoms with Crippen LogP contribution in [0.5, 0.6) is 0 Å². The van der Waals surface area contributed by atoms with E-state index in [0.29, 0.717) is 26.0 Å². The lowest BCUT2D eigenvalue weighted by Crippen LogP contribution is -2.47.